The van der Waals surface area contributed by atoms with E-state index >= 15 is 0 Å². The maximum absolute atomic E-state index is 9.54. The van der Waals surface area contributed by atoms with E-state index in [1.807, 2.05) is 0 Å². The van der Waals surface area contributed by atoms with Gasteiger partial charge < -0.3 is 29.2 Å². The molecule has 5 atom stereocenters. The number of methoxy groups -OCH3 is 3. The second-order valence-corrected chi connectivity index (χ2v) is 3.41. The molecule has 0 bridgehead atoms. The Morgan fingerprint density at radius 2 is 1.93 bits per heavy atom. The lowest BCUT2D eigenvalue weighted by Gasteiger charge is -2.25. The summed E-state index contributed by atoms with van der Waals surface area (Å²) in [6.07, 6.45) is -3.83. The zero-order valence-electron chi connectivity index (χ0n) is 9.12. The number of ether oxygens (including phenoxy) is 4. The van der Waals surface area contributed by atoms with Crippen molar-refractivity contribution in [1.82, 2.24) is 0 Å². The molecule has 6 heteroatoms. The van der Waals surface area contributed by atoms with Gasteiger partial charge in [-0.3, -0.25) is 0 Å². The van der Waals surface area contributed by atoms with Gasteiger partial charge in [-0.1, -0.05) is 0 Å². The first-order valence-electron chi connectivity index (χ1n) is 4.71. The van der Waals surface area contributed by atoms with Crippen LogP contribution in [0, 0.1) is 0 Å². The topological polar surface area (TPSA) is 77.4 Å². The van der Waals surface area contributed by atoms with E-state index in [9.17, 15) is 10.2 Å². The van der Waals surface area contributed by atoms with Crippen molar-refractivity contribution in [3.8, 4) is 0 Å². The van der Waals surface area contributed by atoms with Crippen LogP contribution in [-0.2, 0) is 18.9 Å². The van der Waals surface area contributed by atoms with Crippen LogP contribution in [0.5, 0.6) is 0 Å². The second kappa shape index (κ2) is 5.74. The van der Waals surface area contributed by atoms with Gasteiger partial charge in [-0.25, -0.2) is 0 Å². The fraction of sp³-hybridized carbons (Fsp3) is 1.00. The third-order valence-electron chi connectivity index (χ3n) is 2.52. The number of rotatable bonds is 5. The Morgan fingerprint density at radius 1 is 1.27 bits per heavy atom. The molecule has 15 heavy (non-hydrogen) atoms. The van der Waals surface area contributed by atoms with Crippen LogP contribution in [0.4, 0.5) is 0 Å². The van der Waals surface area contributed by atoms with Gasteiger partial charge >= 0.3 is 0 Å². The van der Waals surface area contributed by atoms with Crippen molar-refractivity contribution in [3.63, 3.8) is 0 Å². The summed E-state index contributed by atoms with van der Waals surface area (Å²) in [5, 5.41) is 18.9. The lowest BCUT2D eigenvalue weighted by atomic mass is 10.1. The lowest BCUT2D eigenvalue weighted by Crippen LogP contribution is -2.43. The summed E-state index contributed by atoms with van der Waals surface area (Å²) >= 11 is 0. The molecule has 0 aromatic heterocycles. The molecule has 0 aliphatic carbocycles. The number of hydrogen-bond acceptors (Lipinski definition) is 6. The highest BCUT2D eigenvalue weighted by Crippen LogP contribution is 2.25. The first-order valence-corrected chi connectivity index (χ1v) is 4.71. The van der Waals surface area contributed by atoms with Crippen LogP contribution in [0.1, 0.15) is 0 Å². The first kappa shape index (κ1) is 12.8. The molecule has 1 heterocycles. The predicted octanol–water partition coefficient (Wildman–Crippen LogP) is -1.26. The van der Waals surface area contributed by atoms with E-state index in [2.05, 4.69) is 0 Å². The van der Waals surface area contributed by atoms with Gasteiger partial charge in [0.05, 0.1) is 6.61 Å². The van der Waals surface area contributed by atoms with Gasteiger partial charge in [0.25, 0.3) is 0 Å². The molecule has 0 aromatic rings. The summed E-state index contributed by atoms with van der Waals surface area (Å²) in [4.78, 5) is 0. The standard InChI is InChI=1S/C9H18O6/c1-12-4-5(13-2)7-8(14-3)6(10)9(11)15-7/h5-11H,4H2,1-3H3/t5-,6-,7+,8-,9?/m1/s1. The summed E-state index contributed by atoms with van der Waals surface area (Å²) < 4.78 is 20.3. The molecule has 0 radical (unpaired) electrons. The molecule has 0 saturated carbocycles. The van der Waals surface area contributed by atoms with E-state index in [4.69, 9.17) is 18.9 Å². The zero-order valence-corrected chi connectivity index (χ0v) is 9.12. The Bertz CT molecular complexity index is 187. The van der Waals surface area contributed by atoms with Crippen molar-refractivity contribution < 1.29 is 29.2 Å². The minimum absolute atomic E-state index is 0.306. The van der Waals surface area contributed by atoms with Gasteiger partial charge in [0, 0.05) is 21.3 Å². The number of hydrogen-bond donors (Lipinski definition) is 2. The number of aliphatic hydroxyl groups is 2. The van der Waals surface area contributed by atoms with Crippen molar-refractivity contribution in [2.24, 2.45) is 0 Å². The highest BCUT2D eigenvalue weighted by Gasteiger charge is 2.47. The minimum Gasteiger partial charge on any atom is -0.385 e. The van der Waals surface area contributed by atoms with E-state index in [-0.39, 0.29) is 6.10 Å². The van der Waals surface area contributed by atoms with Crippen molar-refractivity contribution >= 4 is 0 Å². The highest BCUT2D eigenvalue weighted by atomic mass is 16.7. The Kier molecular flexibility index (Phi) is 4.91. The molecule has 90 valence electrons. The molecule has 1 saturated heterocycles. The van der Waals surface area contributed by atoms with Crippen LogP contribution in [0.3, 0.4) is 0 Å². The third-order valence-corrected chi connectivity index (χ3v) is 2.52. The Morgan fingerprint density at radius 3 is 2.40 bits per heavy atom. The quantitative estimate of drug-likeness (QED) is 0.604. The summed E-state index contributed by atoms with van der Waals surface area (Å²) in [5.74, 6) is 0. The van der Waals surface area contributed by atoms with Crippen LogP contribution < -0.4 is 0 Å². The lowest BCUT2D eigenvalue weighted by molar-refractivity contribution is -0.157. The van der Waals surface area contributed by atoms with Crippen LogP contribution in [0.25, 0.3) is 0 Å². The molecule has 1 aliphatic rings. The normalized spacial score (nSPS) is 38.2. The third kappa shape index (κ3) is 2.66. The second-order valence-electron chi connectivity index (χ2n) is 3.41. The van der Waals surface area contributed by atoms with Crippen molar-refractivity contribution in [2.75, 3.05) is 27.9 Å². The van der Waals surface area contributed by atoms with Crippen LogP contribution in [0.2, 0.25) is 0 Å². The Balaban J connectivity index is 2.66. The van der Waals surface area contributed by atoms with E-state index in [1.165, 1.54) is 21.3 Å². The van der Waals surface area contributed by atoms with Gasteiger partial charge in [-0.05, 0) is 0 Å². The van der Waals surface area contributed by atoms with E-state index in [0.717, 1.165) is 0 Å². The molecule has 0 amide bonds. The van der Waals surface area contributed by atoms with Gasteiger partial charge in [-0.15, -0.1) is 0 Å². The van der Waals surface area contributed by atoms with E-state index in [0.29, 0.717) is 6.61 Å². The molecule has 1 rings (SSSR count). The fourth-order valence-electron chi connectivity index (χ4n) is 1.71. The molecule has 2 N–H and O–H groups in total. The Hall–Kier alpha value is -0.240. The van der Waals surface area contributed by atoms with Gasteiger partial charge in [-0.2, -0.15) is 0 Å². The molecular weight excluding hydrogens is 204 g/mol. The van der Waals surface area contributed by atoms with E-state index < -0.39 is 24.6 Å². The smallest absolute Gasteiger partial charge is 0.184 e. The maximum Gasteiger partial charge on any atom is 0.184 e. The van der Waals surface area contributed by atoms with Crippen molar-refractivity contribution in [3.05, 3.63) is 0 Å². The molecule has 1 aliphatic heterocycles. The van der Waals surface area contributed by atoms with Crippen molar-refractivity contribution in [2.45, 2.75) is 30.7 Å². The molecule has 1 unspecified atom stereocenters. The van der Waals surface area contributed by atoms with Crippen LogP contribution in [-0.4, -0.2) is 68.9 Å². The SMILES string of the molecule is COC[C@@H](OC)[C@@H]1OC(O)[C@H](O)[C@H]1OC. The zero-order chi connectivity index (χ0) is 11.4. The average molecular weight is 222 g/mol. The molecular formula is C9H18O6. The summed E-state index contributed by atoms with van der Waals surface area (Å²) in [5.41, 5.74) is 0. The summed E-state index contributed by atoms with van der Waals surface area (Å²) in [6, 6.07) is 0. The van der Waals surface area contributed by atoms with E-state index in [1.54, 1.807) is 0 Å². The van der Waals surface area contributed by atoms with Gasteiger partial charge in [0.1, 0.15) is 24.4 Å². The first-order chi connectivity index (χ1) is 7.15. The molecule has 0 aromatic carbocycles. The van der Waals surface area contributed by atoms with Gasteiger partial charge in [0.15, 0.2) is 6.29 Å². The van der Waals surface area contributed by atoms with Gasteiger partial charge in [0.2, 0.25) is 0 Å². The predicted molar refractivity (Wildman–Crippen MR) is 50.4 cm³/mol. The largest absolute Gasteiger partial charge is 0.385 e. The minimum atomic E-state index is -1.24. The molecule has 0 spiro atoms. The summed E-state index contributed by atoms with van der Waals surface area (Å²) in [7, 11) is 4.49. The molecule has 6 nitrogen and oxygen atoms in total. The molecule has 1 fully saturated rings. The Labute approximate surface area is 88.7 Å². The van der Waals surface area contributed by atoms with Crippen LogP contribution >= 0.6 is 0 Å². The average Bonchev–Trinajstić information content (AvgIpc) is 2.51. The van der Waals surface area contributed by atoms with Crippen LogP contribution in [0.15, 0.2) is 0 Å². The van der Waals surface area contributed by atoms with Crippen molar-refractivity contribution in [1.29, 1.82) is 0 Å². The summed E-state index contributed by atoms with van der Waals surface area (Å²) in [6.45, 7) is 0.306. The monoisotopic (exact) mass is 222 g/mol. The fourth-order valence-corrected chi connectivity index (χ4v) is 1.71. The maximum atomic E-state index is 9.54. The highest BCUT2D eigenvalue weighted by molar-refractivity contribution is 4.91. The number of aliphatic hydroxyl groups excluding tert-OH is 2.